The van der Waals surface area contributed by atoms with E-state index in [2.05, 4.69) is 15.4 Å². The van der Waals surface area contributed by atoms with Gasteiger partial charge in [0.15, 0.2) is 0 Å². The van der Waals surface area contributed by atoms with E-state index in [1.165, 1.54) is 7.11 Å². The van der Waals surface area contributed by atoms with Crippen molar-refractivity contribution in [1.29, 1.82) is 0 Å². The number of hydrogen-bond acceptors (Lipinski definition) is 11. The Hall–Kier alpha value is -2.32. The van der Waals surface area contributed by atoms with E-state index in [0.29, 0.717) is 26.3 Å². The Morgan fingerprint density at radius 1 is 0.771 bits per heavy atom. The summed E-state index contributed by atoms with van der Waals surface area (Å²) in [4.78, 5) is 46.0. The molecule has 13 heteroatoms. The van der Waals surface area contributed by atoms with Crippen LogP contribution < -0.4 is 16.4 Å². The minimum atomic E-state index is -0.850. The molecule has 0 rings (SSSR count). The molecule has 4 N–H and O–H groups in total. The van der Waals surface area contributed by atoms with Crippen LogP contribution in [0.4, 0.5) is 0 Å². The molecule has 0 aliphatic heterocycles. The highest BCUT2D eigenvalue weighted by Crippen LogP contribution is 2.09. The molecule has 204 valence electrons. The Kier molecular flexibility index (Phi) is 18.6. The van der Waals surface area contributed by atoms with Crippen LogP contribution in [0, 0.1) is 0 Å². The number of nitrogens with two attached hydrogens (primary N) is 1. The maximum Gasteiger partial charge on any atom is 0.331 e. The van der Waals surface area contributed by atoms with Crippen LogP contribution in [0.5, 0.6) is 0 Å². The van der Waals surface area contributed by atoms with Crippen molar-refractivity contribution >= 4 is 23.8 Å². The molecule has 0 unspecified atom stereocenters. The molecule has 0 aromatic carbocycles. The largest absolute Gasteiger partial charge is 0.467 e. The molecule has 0 bridgehead atoms. The van der Waals surface area contributed by atoms with Gasteiger partial charge in [-0.1, -0.05) is 0 Å². The van der Waals surface area contributed by atoms with Crippen molar-refractivity contribution in [3.05, 3.63) is 0 Å². The maximum absolute atomic E-state index is 11.8. The molecule has 0 radical (unpaired) electrons. The van der Waals surface area contributed by atoms with Crippen LogP contribution in [0.2, 0.25) is 0 Å². The second-order valence-corrected chi connectivity index (χ2v) is 8.28. The molecule has 0 aromatic heterocycles. The van der Waals surface area contributed by atoms with Crippen LogP contribution in [0.1, 0.15) is 33.6 Å². The third-order valence-corrected chi connectivity index (χ3v) is 3.95. The van der Waals surface area contributed by atoms with E-state index in [4.69, 9.17) is 29.4 Å². The number of methoxy groups -OCH3 is 1. The molecule has 0 fully saturated rings. The molecule has 0 aliphatic rings. The van der Waals surface area contributed by atoms with E-state index >= 15 is 0 Å². The average Bonchev–Trinajstić information content (AvgIpc) is 2.79. The average molecular weight is 508 g/mol. The zero-order chi connectivity index (χ0) is 26.5. The second kappa shape index (κ2) is 19.9. The minimum Gasteiger partial charge on any atom is -0.467 e. The van der Waals surface area contributed by atoms with Gasteiger partial charge >= 0.3 is 11.9 Å². The van der Waals surface area contributed by atoms with Gasteiger partial charge in [0.25, 0.3) is 0 Å². The molecule has 13 nitrogen and oxygen atoms in total. The lowest BCUT2D eigenvalue weighted by molar-refractivity contribution is -0.156. The van der Waals surface area contributed by atoms with Crippen molar-refractivity contribution in [3.8, 4) is 0 Å². The fraction of sp³-hybridized carbons (Fsp3) is 0.818. The number of ether oxygens (including phenoxy) is 6. The Bertz CT molecular complexity index is 625. The van der Waals surface area contributed by atoms with Gasteiger partial charge in [0.2, 0.25) is 11.8 Å². The first kappa shape index (κ1) is 32.7. The monoisotopic (exact) mass is 507 g/mol. The van der Waals surface area contributed by atoms with Crippen LogP contribution in [0.3, 0.4) is 0 Å². The van der Waals surface area contributed by atoms with Crippen LogP contribution in [-0.4, -0.2) is 108 Å². The van der Waals surface area contributed by atoms with Crippen molar-refractivity contribution in [2.75, 3.05) is 73.1 Å². The minimum absolute atomic E-state index is 0.104. The standard InChI is InChI=1S/C22H41N3O10/c1-22(2,3)35-21(29)17(23)5-6-18(26)24-7-9-31-11-13-33-15-19(27)25-8-10-32-12-14-34-16-20(28)30-4/h17H,5-16,23H2,1-4H3,(H,24,26)(H,25,27)/t17-/m1/s1. The van der Waals surface area contributed by atoms with Crippen molar-refractivity contribution in [3.63, 3.8) is 0 Å². The fourth-order valence-electron chi connectivity index (χ4n) is 2.27. The molecule has 35 heavy (non-hydrogen) atoms. The topological polar surface area (TPSA) is 174 Å². The maximum atomic E-state index is 11.8. The summed E-state index contributed by atoms with van der Waals surface area (Å²) in [6.07, 6.45) is 0.294. The number of nitrogens with one attached hydrogen (secondary N) is 2. The van der Waals surface area contributed by atoms with Gasteiger partial charge in [0, 0.05) is 19.5 Å². The van der Waals surface area contributed by atoms with E-state index < -0.39 is 23.6 Å². The molecule has 1 atom stereocenters. The first-order chi connectivity index (χ1) is 16.5. The van der Waals surface area contributed by atoms with Crippen molar-refractivity contribution in [2.24, 2.45) is 5.73 Å². The van der Waals surface area contributed by atoms with E-state index in [0.717, 1.165) is 0 Å². The predicted molar refractivity (Wildman–Crippen MR) is 124 cm³/mol. The number of carbonyl (C=O) groups is 4. The second-order valence-electron chi connectivity index (χ2n) is 8.28. The summed E-state index contributed by atoms with van der Waals surface area (Å²) in [5.41, 5.74) is 5.12. The van der Waals surface area contributed by atoms with Gasteiger partial charge < -0.3 is 44.8 Å². The van der Waals surface area contributed by atoms with Crippen molar-refractivity contribution in [2.45, 2.75) is 45.3 Å². The first-order valence-electron chi connectivity index (χ1n) is 11.4. The number of carbonyl (C=O) groups excluding carboxylic acids is 4. The number of rotatable bonds is 20. The van der Waals surface area contributed by atoms with Gasteiger partial charge in [0.05, 0.1) is 46.8 Å². The molecule has 0 aliphatic carbocycles. The summed E-state index contributed by atoms with van der Waals surface area (Å²) in [6, 6.07) is -0.850. The van der Waals surface area contributed by atoms with Crippen molar-refractivity contribution in [1.82, 2.24) is 10.6 Å². The smallest absolute Gasteiger partial charge is 0.331 e. The molecule has 0 aromatic rings. The number of amides is 2. The summed E-state index contributed by atoms with van der Waals surface area (Å²) in [7, 11) is 1.28. The van der Waals surface area contributed by atoms with E-state index in [9.17, 15) is 19.2 Å². The molecule has 0 saturated heterocycles. The van der Waals surface area contributed by atoms with E-state index in [-0.39, 0.29) is 64.3 Å². The zero-order valence-electron chi connectivity index (χ0n) is 21.2. The summed E-state index contributed by atoms with van der Waals surface area (Å²) in [5.74, 6) is -1.51. The highest BCUT2D eigenvalue weighted by Gasteiger charge is 2.22. The van der Waals surface area contributed by atoms with Gasteiger partial charge in [-0.25, -0.2) is 4.79 Å². The molecule has 0 spiro atoms. The number of esters is 2. The van der Waals surface area contributed by atoms with Crippen LogP contribution in [0.15, 0.2) is 0 Å². The molecular formula is C22H41N3O10. The Morgan fingerprint density at radius 3 is 1.83 bits per heavy atom. The van der Waals surface area contributed by atoms with Gasteiger partial charge in [-0.05, 0) is 27.2 Å². The third kappa shape index (κ3) is 21.9. The lowest BCUT2D eigenvalue weighted by Crippen LogP contribution is -2.38. The van der Waals surface area contributed by atoms with E-state index in [1.54, 1.807) is 20.8 Å². The van der Waals surface area contributed by atoms with Crippen LogP contribution in [-0.2, 0) is 47.6 Å². The quantitative estimate of drug-likeness (QED) is 0.135. The van der Waals surface area contributed by atoms with Gasteiger partial charge in [-0.3, -0.25) is 14.4 Å². The predicted octanol–water partition coefficient (Wildman–Crippen LogP) is -1.09. The molecular weight excluding hydrogens is 466 g/mol. The first-order valence-corrected chi connectivity index (χ1v) is 11.4. The number of hydrogen-bond donors (Lipinski definition) is 3. The molecule has 0 saturated carbocycles. The fourth-order valence-corrected chi connectivity index (χ4v) is 2.27. The van der Waals surface area contributed by atoms with Crippen LogP contribution in [0.25, 0.3) is 0 Å². The van der Waals surface area contributed by atoms with Gasteiger partial charge in [-0.15, -0.1) is 0 Å². The Labute approximate surface area is 206 Å². The van der Waals surface area contributed by atoms with Gasteiger partial charge in [-0.2, -0.15) is 0 Å². The third-order valence-electron chi connectivity index (χ3n) is 3.95. The van der Waals surface area contributed by atoms with Crippen LogP contribution >= 0.6 is 0 Å². The molecule has 2 amide bonds. The summed E-state index contributed by atoms with van der Waals surface area (Å²) < 4.78 is 30.4. The SMILES string of the molecule is COC(=O)COCCOCCNC(=O)COCCOCCNC(=O)CC[C@@H](N)C(=O)OC(C)(C)C. The highest BCUT2D eigenvalue weighted by atomic mass is 16.6. The lowest BCUT2D eigenvalue weighted by Gasteiger charge is -2.22. The summed E-state index contributed by atoms with van der Waals surface area (Å²) >= 11 is 0. The highest BCUT2D eigenvalue weighted by molar-refractivity contribution is 5.79. The lowest BCUT2D eigenvalue weighted by atomic mass is 10.1. The van der Waals surface area contributed by atoms with Crippen molar-refractivity contribution < 1.29 is 47.6 Å². The normalized spacial score (nSPS) is 12.0. The zero-order valence-corrected chi connectivity index (χ0v) is 21.2. The van der Waals surface area contributed by atoms with E-state index in [1.807, 2.05) is 0 Å². The molecule has 0 heterocycles. The Morgan fingerprint density at radius 2 is 1.29 bits per heavy atom. The Balaban J connectivity index is 3.50. The summed E-state index contributed by atoms with van der Waals surface area (Å²) in [5, 5.41) is 5.30. The van der Waals surface area contributed by atoms with Gasteiger partial charge in [0.1, 0.15) is 24.9 Å². The summed E-state index contributed by atoms with van der Waals surface area (Å²) in [6.45, 7) is 7.23.